The van der Waals surface area contributed by atoms with Crippen molar-refractivity contribution in [3.63, 3.8) is 0 Å². The highest BCUT2D eigenvalue weighted by Gasteiger charge is 2.22. The summed E-state index contributed by atoms with van der Waals surface area (Å²) < 4.78 is 4.95. The van der Waals surface area contributed by atoms with E-state index >= 15 is 0 Å². The van der Waals surface area contributed by atoms with Crippen molar-refractivity contribution in [1.82, 2.24) is 0 Å². The van der Waals surface area contributed by atoms with Gasteiger partial charge in [0.1, 0.15) is 6.10 Å². The monoisotopic (exact) mass is 245 g/mol. The molecule has 1 N–H and O–H groups in total. The molecule has 0 aliphatic carbocycles. The van der Waals surface area contributed by atoms with Gasteiger partial charge in [-0.2, -0.15) is 5.26 Å². The molecule has 0 spiro atoms. The largest absolute Gasteiger partial charge is 0.460 e. The van der Waals surface area contributed by atoms with E-state index in [9.17, 15) is 9.90 Å². The number of nitriles is 1. The van der Waals surface area contributed by atoms with Gasteiger partial charge in [-0.15, -0.1) is 0 Å². The summed E-state index contributed by atoms with van der Waals surface area (Å²) in [5.41, 5.74) is 0.584. The van der Waals surface area contributed by atoms with Gasteiger partial charge in [0.05, 0.1) is 23.3 Å². The number of nitrogens with zero attached hydrogens (tertiary/aromatic N) is 1. The summed E-state index contributed by atoms with van der Waals surface area (Å²) in [7, 11) is 0. The van der Waals surface area contributed by atoms with Crippen LogP contribution < -0.4 is 0 Å². The molecular formula is C14H15NO3. The molecule has 0 radical (unpaired) electrons. The second-order valence-electron chi connectivity index (χ2n) is 4.08. The lowest BCUT2D eigenvalue weighted by atomic mass is 9.98. The average molecular weight is 245 g/mol. The van der Waals surface area contributed by atoms with E-state index in [1.54, 1.807) is 38.1 Å². The van der Waals surface area contributed by atoms with E-state index in [0.717, 1.165) is 0 Å². The van der Waals surface area contributed by atoms with Gasteiger partial charge in [0.25, 0.3) is 0 Å². The molecule has 1 aromatic rings. The van der Waals surface area contributed by atoms with Crippen LogP contribution in [0, 0.1) is 11.3 Å². The molecule has 0 aliphatic rings. The van der Waals surface area contributed by atoms with Crippen LogP contribution in [-0.4, -0.2) is 17.2 Å². The number of ether oxygens (including phenoxy) is 1. The Labute approximate surface area is 106 Å². The normalized spacial score (nSPS) is 11.7. The smallest absolute Gasteiger partial charge is 0.336 e. The molecule has 1 unspecified atom stereocenters. The van der Waals surface area contributed by atoms with Crippen LogP contribution in [0.2, 0.25) is 0 Å². The number of esters is 1. The van der Waals surface area contributed by atoms with E-state index < -0.39 is 12.1 Å². The van der Waals surface area contributed by atoms with Crippen molar-refractivity contribution in [3.05, 3.63) is 47.5 Å². The van der Waals surface area contributed by atoms with Crippen LogP contribution in [0.1, 0.15) is 31.1 Å². The molecule has 0 fully saturated rings. The molecule has 18 heavy (non-hydrogen) atoms. The second-order valence-corrected chi connectivity index (χ2v) is 4.08. The molecule has 1 aromatic carbocycles. The minimum Gasteiger partial charge on any atom is -0.460 e. The van der Waals surface area contributed by atoms with Crippen molar-refractivity contribution < 1.29 is 14.6 Å². The van der Waals surface area contributed by atoms with Crippen LogP contribution in [0.15, 0.2) is 36.4 Å². The highest BCUT2D eigenvalue weighted by atomic mass is 16.5. The highest BCUT2D eigenvalue weighted by Crippen LogP contribution is 2.24. The fourth-order valence-corrected chi connectivity index (χ4v) is 1.43. The first kappa shape index (κ1) is 13.9. The first-order valence-corrected chi connectivity index (χ1v) is 5.54. The molecule has 4 heteroatoms. The number of hydrogen-bond donors (Lipinski definition) is 1. The first-order chi connectivity index (χ1) is 8.47. The molecule has 0 amide bonds. The molecule has 0 heterocycles. The molecule has 0 bridgehead atoms. The summed E-state index contributed by atoms with van der Waals surface area (Å²) in [6.45, 7) is 6.94. The summed E-state index contributed by atoms with van der Waals surface area (Å²) >= 11 is 0. The Morgan fingerprint density at radius 1 is 1.44 bits per heavy atom. The molecule has 0 saturated heterocycles. The fourth-order valence-electron chi connectivity index (χ4n) is 1.43. The van der Waals surface area contributed by atoms with Gasteiger partial charge in [0, 0.05) is 5.56 Å². The number of rotatable bonds is 4. The molecule has 0 saturated carbocycles. The number of aliphatic hydroxyl groups excluding tert-OH is 1. The lowest BCUT2D eigenvalue weighted by Gasteiger charge is -2.16. The van der Waals surface area contributed by atoms with Crippen LogP contribution in [0.5, 0.6) is 0 Å². The molecule has 4 nitrogen and oxygen atoms in total. The maximum absolute atomic E-state index is 11.6. The van der Waals surface area contributed by atoms with Crippen molar-refractivity contribution in [2.24, 2.45) is 0 Å². The summed E-state index contributed by atoms with van der Waals surface area (Å²) in [6.07, 6.45) is -1.51. The zero-order chi connectivity index (χ0) is 13.7. The maximum Gasteiger partial charge on any atom is 0.336 e. The van der Waals surface area contributed by atoms with Crippen LogP contribution in [-0.2, 0) is 9.53 Å². The third kappa shape index (κ3) is 3.19. The Morgan fingerprint density at radius 3 is 2.61 bits per heavy atom. The zero-order valence-electron chi connectivity index (χ0n) is 10.4. The van der Waals surface area contributed by atoms with Crippen molar-refractivity contribution in [2.75, 3.05) is 0 Å². The third-order valence-electron chi connectivity index (χ3n) is 2.31. The topological polar surface area (TPSA) is 70.3 Å². The van der Waals surface area contributed by atoms with Crippen LogP contribution in [0.4, 0.5) is 0 Å². The first-order valence-electron chi connectivity index (χ1n) is 5.54. The molecule has 94 valence electrons. The molecule has 1 rings (SSSR count). The van der Waals surface area contributed by atoms with Crippen molar-refractivity contribution in [3.8, 4) is 6.07 Å². The Balaban J connectivity index is 2.94. The molecule has 0 aliphatic heterocycles. The number of carbonyl (C=O) groups is 1. The molecule has 1 atom stereocenters. The summed E-state index contributed by atoms with van der Waals surface area (Å²) in [6, 6.07) is 8.47. The summed E-state index contributed by atoms with van der Waals surface area (Å²) in [5.74, 6) is -0.662. The second kappa shape index (κ2) is 5.99. The van der Waals surface area contributed by atoms with E-state index in [1.807, 2.05) is 6.07 Å². The predicted molar refractivity (Wildman–Crippen MR) is 66.5 cm³/mol. The van der Waals surface area contributed by atoms with E-state index in [-0.39, 0.29) is 11.7 Å². The van der Waals surface area contributed by atoms with Crippen molar-refractivity contribution in [2.45, 2.75) is 26.1 Å². The number of aliphatic hydroxyl groups is 1. The Bertz CT molecular complexity index is 500. The Kier molecular flexibility index (Phi) is 4.64. The van der Waals surface area contributed by atoms with E-state index in [0.29, 0.717) is 11.1 Å². The Morgan fingerprint density at radius 2 is 2.06 bits per heavy atom. The average Bonchev–Trinajstić information content (AvgIpc) is 2.36. The van der Waals surface area contributed by atoms with Gasteiger partial charge in [0.2, 0.25) is 0 Å². The van der Waals surface area contributed by atoms with Crippen LogP contribution in [0.3, 0.4) is 0 Å². The van der Waals surface area contributed by atoms with Gasteiger partial charge in [0.15, 0.2) is 0 Å². The molecular weight excluding hydrogens is 230 g/mol. The van der Waals surface area contributed by atoms with E-state index in [2.05, 4.69) is 6.58 Å². The quantitative estimate of drug-likeness (QED) is 0.651. The lowest BCUT2D eigenvalue weighted by molar-refractivity contribution is -0.143. The van der Waals surface area contributed by atoms with E-state index in [4.69, 9.17) is 10.00 Å². The van der Waals surface area contributed by atoms with Gasteiger partial charge in [-0.25, -0.2) is 4.79 Å². The maximum atomic E-state index is 11.6. The highest BCUT2D eigenvalue weighted by molar-refractivity contribution is 5.89. The summed E-state index contributed by atoms with van der Waals surface area (Å²) in [4.78, 5) is 11.6. The number of benzene rings is 1. The van der Waals surface area contributed by atoms with Gasteiger partial charge in [-0.1, -0.05) is 24.8 Å². The van der Waals surface area contributed by atoms with Crippen molar-refractivity contribution in [1.29, 1.82) is 5.26 Å². The van der Waals surface area contributed by atoms with Crippen LogP contribution >= 0.6 is 0 Å². The Hall–Kier alpha value is -2.12. The van der Waals surface area contributed by atoms with Gasteiger partial charge in [-0.05, 0) is 19.9 Å². The number of carbonyl (C=O) groups excluding carboxylic acids is 1. The van der Waals surface area contributed by atoms with Crippen molar-refractivity contribution >= 4 is 5.97 Å². The third-order valence-corrected chi connectivity index (χ3v) is 2.31. The lowest BCUT2D eigenvalue weighted by Crippen LogP contribution is -2.18. The zero-order valence-corrected chi connectivity index (χ0v) is 10.4. The van der Waals surface area contributed by atoms with Crippen LogP contribution in [0.25, 0.3) is 0 Å². The molecule has 0 aromatic heterocycles. The minimum atomic E-state index is -1.23. The van der Waals surface area contributed by atoms with Gasteiger partial charge < -0.3 is 9.84 Å². The van der Waals surface area contributed by atoms with E-state index in [1.165, 1.54) is 0 Å². The SMILES string of the molecule is C=C(C(=O)OC(C)C)C(O)c1ccccc1C#N. The number of hydrogen-bond acceptors (Lipinski definition) is 4. The van der Waals surface area contributed by atoms with Gasteiger partial charge >= 0.3 is 5.97 Å². The minimum absolute atomic E-state index is 0.0774. The predicted octanol–water partition coefficient (Wildman–Crippen LogP) is 2.10. The fraction of sp³-hybridized carbons (Fsp3) is 0.286. The summed E-state index contributed by atoms with van der Waals surface area (Å²) in [5, 5.41) is 19.0. The standard InChI is InChI=1S/C14H15NO3/c1-9(2)18-14(17)10(3)13(16)12-7-5-4-6-11(12)8-15/h4-7,9,13,16H,3H2,1-2H3. The van der Waals surface area contributed by atoms with Gasteiger partial charge in [-0.3, -0.25) is 0 Å².